The number of hydrogen-bond donors (Lipinski definition) is 2. The summed E-state index contributed by atoms with van der Waals surface area (Å²) >= 11 is 1.47. The third-order valence-corrected chi connectivity index (χ3v) is 2.86. The maximum Gasteiger partial charge on any atom is 0.251 e. The molecule has 6 heteroatoms. The highest BCUT2D eigenvalue weighted by Gasteiger charge is 2.10. The summed E-state index contributed by atoms with van der Waals surface area (Å²) in [5.41, 5.74) is 2.98. The Morgan fingerprint density at radius 2 is 2.22 bits per heavy atom. The second-order valence-corrected chi connectivity index (χ2v) is 5.78. The smallest absolute Gasteiger partial charge is 0.251 e. The topological polar surface area (TPSA) is 70.7 Å². The molecule has 0 aromatic carbocycles. The van der Waals surface area contributed by atoms with Crippen molar-refractivity contribution in [2.45, 2.75) is 32.9 Å². The van der Waals surface area contributed by atoms with Crippen LogP contribution in [0.2, 0.25) is 0 Å². The van der Waals surface area contributed by atoms with Gasteiger partial charge in [-0.1, -0.05) is 0 Å². The van der Waals surface area contributed by atoms with E-state index in [-0.39, 0.29) is 11.1 Å². The van der Waals surface area contributed by atoms with E-state index in [4.69, 9.17) is 0 Å². The van der Waals surface area contributed by atoms with Gasteiger partial charge in [-0.15, -0.1) is 11.3 Å². The van der Waals surface area contributed by atoms with Crippen LogP contribution in [0, 0.1) is 0 Å². The molecule has 0 fully saturated rings. The average molecular weight is 264 g/mol. The molecule has 2 aromatic rings. The fourth-order valence-electron chi connectivity index (χ4n) is 1.41. The molecule has 0 aliphatic rings. The van der Waals surface area contributed by atoms with Gasteiger partial charge in [-0.2, -0.15) is 0 Å². The highest BCUT2D eigenvalue weighted by molar-refractivity contribution is 7.07. The summed E-state index contributed by atoms with van der Waals surface area (Å²) in [7, 11) is 0. The number of rotatable bonds is 3. The van der Waals surface area contributed by atoms with E-state index in [1.807, 2.05) is 5.38 Å². The van der Waals surface area contributed by atoms with Crippen LogP contribution in [0.25, 0.3) is 11.5 Å². The zero-order valence-electron chi connectivity index (χ0n) is 10.7. The van der Waals surface area contributed by atoms with E-state index in [2.05, 4.69) is 41.0 Å². The molecule has 2 rings (SSSR count). The van der Waals surface area contributed by atoms with Crippen LogP contribution < -0.4 is 10.9 Å². The van der Waals surface area contributed by atoms with Gasteiger partial charge in [0.15, 0.2) is 5.82 Å². The first-order valence-corrected chi connectivity index (χ1v) is 6.62. The van der Waals surface area contributed by atoms with Gasteiger partial charge in [0.1, 0.15) is 5.69 Å². The molecule has 96 valence electrons. The van der Waals surface area contributed by atoms with Crippen LogP contribution in [0.3, 0.4) is 0 Å². The summed E-state index contributed by atoms with van der Waals surface area (Å²) in [6.45, 7) is 6.77. The maximum absolute atomic E-state index is 11.6. The molecule has 0 spiro atoms. The molecule has 2 aromatic heterocycles. The lowest BCUT2D eigenvalue weighted by Crippen LogP contribution is -2.35. The van der Waals surface area contributed by atoms with Crippen molar-refractivity contribution in [3.8, 4) is 11.5 Å². The van der Waals surface area contributed by atoms with Crippen LogP contribution in [0.1, 0.15) is 26.5 Å². The molecular formula is C12H16N4OS. The van der Waals surface area contributed by atoms with Crippen LogP contribution in [-0.4, -0.2) is 20.5 Å². The first-order chi connectivity index (χ1) is 8.44. The molecule has 0 bridgehead atoms. The van der Waals surface area contributed by atoms with Crippen molar-refractivity contribution in [1.29, 1.82) is 0 Å². The Morgan fingerprint density at radius 1 is 1.44 bits per heavy atom. The molecule has 0 aliphatic carbocycles. The Hall–Kier alpha value is -1.53. The van der Waals surface area contributed by atoms with Crippen LogP contribution in [0.4, 0.5) is 0 Å². The van der Waals surface area contributed by atoms with Crippen molar-refractivity contribution in [1.82, 2.24) is 20.3 Å². The van der Waals surface area contributed by atoms with Gasteiger partial charge >= 0.3 is 0 Å². The highest BCUT2D eigenvalue weighted by atomic mass is 32.1. The third-order valence-electron chi connectivity index (χ3n) is 2.27. The largest absolute Gasteiger partial charge is 0.306 e. The molecule has 0 aliphatic heterocycles. The number of aromatic nitrogens is 3. The van der Waals surface area contributed by atoms with E-state index < -0.39 is 0 Å². The molecule has 5 nitrogen and oxygen atoms in total. The quantitative estimate of drug-likeness (QED) is 0.886. The lowest BCUT2D eigenvalue weighted by molar-refractivity contribution is 0.421. The van der Waals surface area contributed by atoms with Gasteiger partial charge in [0.05, 0.1) is 11.2 Å². The summed E-state index contributed by atoms with van der Waals surface area (Å²) < 4.78 is 0. The number of H-pyrrole nitrogens is 1. The molecule has 0 atom stereocenters. The van der Waals surface area contributed by atoms with Gasteiger partial charge in [0.2, 0.25) is 0 Å². The summed E-state index contributed by atoms with van der Waals surface area (Å²) in [6.07, 6.45) is 0. The van der Waals surface area contributed by atoms with E-state index in [9.17, 15) is 4.79 Å². The Labute approximate surface area is 109 Å². The number of hydrogen-bond acceptors (Lipinski definition) is 5. The van der Waals surface area contributed by atoms with E-state index in [0.717, 1.165) is 5.69 Å². The predicted molar refractivity (Wildman–Crippen MR) is 72.6 cm³/mol. The molecular weight excluding hydrogens is 248 g/mol. The second-order valence-electron chi connectivity index (χ2n) is 5.06. The molecule has 2 heterocycles. The van der Waals surface area contributed by atoms with Crippen molar-refractivity contribution in [3.05, 3.63) is 33.0 Å². The van der Waals surface area contributed by atoms with Gasteiger partial charge < -0.3 is 10.3 Å². The predicted octanol–water partition coefficient (Wildman–Crippen LogP) is 1.78. The lowest BCUT2D eigenvalue weighted by Gasteiger charge is -2.20. The van der Waals surface area contributed by atoms with Crippen LogP contribution in [0.15, 0.2) is 21.8 Å². The number of aromatic amines is 1. The Kier molecular flexibility index (Phi) is 3.58. The normalized spacial score (nSPS) is 11.7. The standard InChI is InChI=1S/C12H16N4OS/c1-12(2,3)14-5-8-4-10(17)16-11(15-8)9-6-18-7-13-9/h4,6-7,14H,5H2,1-3H3,(H,15,16,17). The fourth-order valence-corrected chi connectivity index (χ4v) is 1.94. The van der Waals surface area contributed by atoms with Gasteiger partial charge in [0.25, 0.3) is 5.56 Å². The Bertz CT molecular complexity index is 569. The summed E-state index contributed by atoms with van der Waals surface area (Å²) in [5.74, 6) is 0.523. The minimum Gasteiger partial charge on any atom is -0.306 e. The molecule has 0 radical (unpaired) electrons. The molecule has 0 saturated heterocycles. The summed E-state index contributed by atoms with van der Waals surface area (Å²) in [6, 6.07) is 1.51. The van der Waals surface area contributed by atoms with E-state index in [1.54, 1.807) is 5.51 Å². The highest BCUT2D eigenvalue weighted by Crippen LogP contribution is 2.13. The van der Waals surface area contributed by atoms with Crippen molar-refractivity contribution in [2.75, 3.05) is 0 Å². The first kappa shape index (κ1) is 12.9. The molecule has 0 unspecified atom stereocenters. The van der Waals surface area contributed by atoms with Crippen molar-refractivity contribution in [3.63, 3.8) is 0 Å². The van der Waals surface area contributed by atoms with Gasteiger partial charge in [-0.3, -0.25) is 4.79 Å². The average Bonchev–Trinajstić information content (AvgIpc) is 2.78. The molecule has 2 N–H and O–H groups in total. The van der Waals surface area contributed by atoms with Crippen molar-refractivity contribution < 1.29 is 0 Å². The summed E-state index contributed by atoms with van der Waals surface area (Å²) in [4.78, 5) is 22.8. The van der Waals surface area contributed by atoms with Crippen molar-refractivity contribution in [2.24, 2.45) is 0 Å². The van der Waals surface area contributed by atoms with Gasteiger partial charge in [0, 0.05) is 23.5 Å². The van der Waals surface area contributed by atoms with Crippen LogP contribution in [-0.2, 0) is 6.54 Å². The fraction of sp³-hybridized carbons (Fsp3) is 0.417. The SMILES string of the molecule is CC(C)(C)NCc1cc(=O)[nH]c(-c2cscn2)n1. The minimum atomic E-state index is -0.154. The van der Waals surface area contributed by atoms with Crippen LogP contribution >= 0.6 is 11.3 Å². The van der Waals surface area contributed by atoms with E-state index in [1.165, 1.54) is 17.4 Å². The maximum atomic E-state index is 11.6. The first-order valence-electron chi connectivity index (χ1n) is 5.68. The van der Waals surface area contributed by atoms with E-state index >= 15 is 0 Å². The van der Waals surface area contributed by atoms with Gasteiger partial charge in [-0.25, -0.2) is 9.97 Å². The zero-order chi connectivity index (χ0) is 13.2. The molecule has 0 saturated carbocycles. The van der Waals surface area contributed by atoms with E-state index in [0.29, 0.717) is 18.1 Å². The molecule has 18 heavy (non-hydrogen) atoms. The third kappa shape index (κ3) is 3.48. The minimum absolute atomic E-state index is 0.00885. The second kappa shape index (κ2) is 4.99. The number of thiazole rings is 1. The lowest BCUT2D eigenvalue weighted by atomic mass is 10.1. The monoisotopic (exact) mass is 264 g/mol. The zero-order valence-corrected chi connectivity index (χ0v) is 11.5. The Morgan fingerprint density at radius 3 is 2.83 bits per heavy atom. The van der Waals surface area contributed by atoms with Crippen LogP contribution in [0.5, 0.6) is 0 Å². The van der Waals surface area contributed by atoms with Gasteiger partial charge in [-0.05, 0) is 20.8 Å². The number of nitrogens with zero attached hydrogens (tertiary/aromatic N) is 2. The number of nitrogens with one attached hydrogen (secondary N) is 2. The van der Waals surface area contributed by atoms with Crippen molar-refractivity contribution >= 4 is 11.3 Å². The molecule has 0 amide bonds. The Balaban J connectivity index is 2.25. The summed E-state index contributed by atoms with van der Waals surface area (Å²) in [5, 5.41) is 5.17.